The van der Waals surface area contributed by atoms with Crippen molar-refractivity contribution in [3.05, 3.63) is 59.9 Å². The average molecular weight is 531 g/mol. The van der Waals surface area contributed by atoms with Crippen LogP contribution in [0.15, 0.2) is 53.7 Å². The zero-order chi connectivity index (χ0) is 27.4. The number of allylic oxidation sites excluding steroid dienone is 1. The summed E-state index contributed by atoms with van der Waals surface area (Å²) in [5, 5.41) is 5.04. The summed E-state index contributed by atoms with van der Waals surface area (Å²) in [5.74, 6) is 1.70. The first-order valence-electron chi connectivity index (χ1n) is 13.4. The Bertz CT molecular complexity index is 1350. The number of ether oxygens (including phenoxy) is 2. The number of aryl methyl sites for hydroxylation is 1. The van der Waals surface area contributed by atoms with E-state index in [2.05, 4.69) is 77.0 Å². The Hall–Kier alpha value is -3.89. The highest BCUT2D eigenvalue weighted by atomic mass is 16.5. The van der Waals surface area contributed by atoms with Crippen molar-refractivity contribution in [3.8, 4) is 17.1 Å². The number of nitrogens with two attached hydrogens (primary N) is 1. The van der Waals surface area contributed by atoms with Gasteiger partial charge in [0.15, 0.2) is 11.6 Å². The molecule has 0 radical (unpaired) electrons. The fraction of sp³-hybridized carbons (Fsp3) is 0.414. The quantitative estimate of drug-likeness (QED) is 0.421. The van der Waals surface area contributed by atoms with Crippen LogP contribution in [0.5, 0.6) is 0 Å². The van der Waals surface area contributed by atoms with Crippen LogP contribution < -0.4 is 20.4 Å². The number of aromatic nitrogens is 3. The first kappa shape index (κ1) is 26.7. The SMILES string of the molecule is CCN1c2nc(-n3nc(-c4cccc(C)c4)cc3COC)cc(N3CCOCC3)c2N(C)C1CN=C/C=C\N. The van der Waals surface area contributed by atoms with Gasteiger partial charge in [0.2, 0.25) is 0 Å². The maximum atomic E-state index is 5.68. The van der Waals surface area contributed by atoms with Crippen molar-refractivity contribution >= 4 is 23.4 Å². The van der Waals surface area contributed by atoms with Gasteiger partial charge in [0.25, 0.3) is 0 Å². The van der Waals surface area contributed by atoms with Gasteiger partial charge in [0, 0.05) is 51.6 Å². The monoisotopic (exact) mass is 530 g/mol. The van der Waals surface area contributed by atoms with Gasteiger partial charge < -0.3 is 29.9 Å². The van der Waals surface area contributed by atoms with Gasteiger partial charge in [-0.25, -0.2) is 9.67 Å². The van der Waals surface area contributed by atoms with Crippen molar-refractivity contribution in [1.29, 1.82) is 0 Å². The first-order chi connectivity index (χ1) is 19.0. The lowest BCUT2D eigenvalue weighted by molar-refractivity contribution is 0.122. The number of morpholine rings is 1. The molecule has 206 valence electrons. The zero-order valence-electron chi connectivity index (χ0n) is 23.2. The molecule has 10 nitrogen and oxygen atoms in total. The van der Waals surface area contributed by atoms with E-state index in [1.54, 1.807) is 19.4 Å². The van der Waals surface area contributed by atoms with Gasteiger partial charge >= 0.3 is 0 Å². The second kappa shape index (κ2) is 11.9. The van der Waals surface area contributed by atoms with Gasteiger partial charge in [-0.15, -0.1) is 0 Å². The van der Waals surface area contributed by atoms with E-state index in [0.29, 0.717) is 26.4 Å². The molecule has 1 unspecified atom stereocenters. The minimum Gasteiger partial charge on any atom is -0.405 e. The van der Waals surface area contributed by atoms with Crippen molar-refractivity contribution in [2.75, 3.05) is 68.2 Å². The van der Waals surface area contributed by atoms with E-state index < -0.39 is 0 Å². The molecule has 3 aromatic rings. The number of anilines is 3. The number of likely N-dealkylation sites (N-methyl/N-ethyl adjacent to an activating group) is 2. The molecule has 2 N–H and O–H groups in total. The lowest BCUT2D eigenvalue weighted by Gasteiger charge is -2.32. The van der Waals surface area contributed by atoms with E-state index in [1.165, 1.54) is 11.8 Å². The second-order valence-electron chi connectivity index (χ2n) is 9.78. The number of fused-ring (bicyclic) bond motifs is 1. The molecule has 1 aromatic carbocycles. The van der Waals surface area contributed by atoms with Crippen molar-refractivity contribution in [3.63, 3.8) is 0 Å². The summed E-state index contributed by atoms with van der Waals surface area (Å²) in [5.41, 5.74) is 11.8. The highest BCUT2D eigenvalue weighted by Crippen LogP contribution is 2.45. The smallest absolute Gasteiger partial charge is 0.158 e. The predicted octanol–water partition coefficient (Wildman–Crippen LogP) is 3.37. The van der Waals surface area contributed by atoms with Crippen molar-refractivity contribution in [2.45, 2.75) is 26.6 Å². The molecule has 2 aliphatic rings. The number of rotatable bonds is 9. The number of methoxy groups -OCH3 is 1. The fourth-order valence-electron chi connectivity index (χ4n) is 5.35. The van der Waals surface area contributed by atoms with Gasteiger partial charge in [-0.1, -0.05) is 23.8 Å². The van der Waals surface area contributed by atoms with Crippen LogP contribution >= 0.6 is 0 Å². The van der Waals surface area contributed by atoms with E-state index in [1.807, 2.05) is 4.68 Å². The molecule has 1 saturated heterocycles. The van der Waals surface area contributed by atoms with Crippen molar-refractivity contribution < 1.29 is 9.47 Å². The molecular formula is C29H38N8O2. The number of aliphatic imine (C=N–C) groups is 1. The molecule has 2 aromatic heterocycles. The van der Waals surface area contributed by atoms with Crippen LogP contribution in [0.1, 0.15) is 18.2 Å². The van der Waals surface area contributed by atoms with E-state index in [4.69, 9.17) is 25.3 Å². The van der Waals surface area contributed by atoms with Crippen LogP contribution in [-0.4, -0.2) is 80.7 Å². The van der Waals surface area contributed by atoms with Gasteiger partial charge in [0.1, 0.15) is 11.9 Å². The average Bonchev–Trinajstić information content (AvgIpc) is 3.50. The fourth-order valence-corrected chi connectivity index (χ4v) is 5.35. The summed E-state index contributed by atoms with van der Waals surface area (Å²) in [7, 11) is 3.83. The largest absolute Gasteiger partial charge is 0.405 e. The molecule has 0 bridgehead atoms. The van der Waals surface area contributed by atoms with Crippen LogP contribution in [0.3, 0.4) is 0 Å². The van der Waals surface area contributed by atoms with Crippen LogP contribution in [0.4, 0.5) is 17.2 Å². The highest BCUT2D eigenvalue weighted by molar-refractivity contribution is 5.88. The molecule has 0 spiro atoms. The third kappa shape index (κ3) is 5.35. The van der Waals surface area contributed by atoms with Gasteiger partial charge in [-0.3, -0.25) is 4.99 Å². The minimum absolute atomic E-state index is 0.0360. The first-order valence-corrected chi connectivity index (χ1v) is 13.4. The highest BCUT2D eigenvalue weighted by Gasteiger charge is 2.38. The molecule has 0 amide bonds. The third-order valence-electron chi connectivity index (χ3n) is 7.24. The number of benzene rings is 1. The molecule has 4 heterocycles. The summed E-state index contributed by atoms with van der Waals surface area (Å²) >= 11 is 0. The van der Waals surface area contributed by atoms with E-state index in [-0.39, 0.29) is 6.17 Å². The van der Waals surface area contributed by atoms with E-state index in [9.17, 15) is 0 Å². The van der Waals surface area contributed by atoms with E-state index >= 15 is 0 Å². The number of hydrogen-bond acceptors (Lipinski definition) is 9. The summed E-state index contributed by atoms with van der Waals surface area (Å²) in [6, 6.07) is 12.6. The molecule has 10 heteroatoms. The lowest BCUT2D eigenvalue weighted by atomic mass is 10.1. The number of nitrogens with zero attached hydrogens (tertiary/aromatic N) is 7. The van der Waals surface area contributed by atoms with Crippen molar-refractivity contribution in [1.82, 2.24) is 14.8 Å². The van der Waals surface area contributed by atoms with E-state index in [0.717, 1.165) is 59.6 Å². The Kier molecular flexibility index (Phi) is 8.13. The second-order valence-corrected chi connectivity index (χ2v) is 9.78. The molecular weight excluding hydrogens is 492 g/mol. The predicted molar refractivity (Wildman–Crippen MR) is 157 cm³/mol. The van der Waals surface area contributed by atoms with Crippen LogP contribution in [0.2, 0.25) is 0 Å². The summed E-state index contributed by atoms with van der Waals surface area (Å²) in [6.45, 7) is 9.09. The van der Waals surface area contributed by atoms with Crippen LogP contribution in [-0.2, 0) is 16.1 Å². The summed E-state index contributed by atoms with van der Waals surface area (Å²) in [4.78, 5) is 16.8. The molecule has 2 aliphatic heterocycles. The Morgan fingerprint density at radius 2 is 2.03 bits per heavy atom. The molecule has 1 atom stereocenters. The number of hydrogen-bond donors (Lipinski definition) is 1. The normalized spacial score (nSPS) is 17.6. The standard InChI is InChI=1S/C29H38N8O2/c1-5-36-27(19-31-11-7-10-30)34(3)28-25(35-12-14-39-15-13-35)18-26(32-29(28)36)37-23(20-38-4)17-24(33-37)22-9-6-8-21(2)16-22/h6-11,16-18,27H,5,12-15,19-20,30H2,1-4H3/b10-7-,31-11?. The maximum Gasteiger partial charge on any atom is 0.158 e. The third-order valence-corrected chi connectivity index (χ3v) is 7.24. The van der Waals surface area contributed by atoms with Gasteiger partial charge in [-0.2, -0.15) is 5.10 Å². The van der Waals surface area contributed by atoms with Crippen molar-refractivity contribution in [2.24, 2.45) is 10.7 Å². The summed E-state index contributed by atoms with van der Waals surface area (Å²) < 4.78 is 13.2. The lowest BCUT2D eigenvalue weighted by Crippen LogP contribution is -2.44. The minimum atomic E-state index is 0.0360. The molecule has 0 saturated carbocycles. The topological polar surface area (TPSA) is 97.3 Å². The Morgan fingerprint density at radius 3 is 2.74 bits per heavy atom. The Morgan fingerprint density at radius 1 is 1.21 bits per heavy atom. The molecule has 5 rings (SSSR count). The molecule has 0 aliphatic carbocycles. The van der Waals surface area contributed by atoms with Gasteiger partial charge in [0.05, 0.1) is 43.4 Å². The summed E-state index contributed by atoms with van der Waals surface area (Å²) in [6.07, 6.45) is 5.02. The van der Waals surface area contributed by atoms with Gasteiger partial charge in [-0.05, 0) is 38.3 Å². The Labute approximate surface area is 230 Å². The maximum absolute atomic E-state index is 5.68. The zero-order valence-corrected chi connectivity index (χ0v) is 23.2. The molecule has 39 heavy (non-hydrogen) atoms. The molecule has 1 fully saturated rings. The number of pyridine rings is 1. The van der Waals surface area contributed by atoms with Crippen LogP contribution in [0.25, 0.3) is 17.1 Å². The Balaban J connectivity index is 1.64. The van der Waals surface area contributed by atoms with Crippen LogP contribution in [0, 0.1) is 6.92 Å².